The fourth-order valence-electron chi connectivity index (χ4n) is 3.03. The SMILES string of the molecule is NCCC1CCN(C(=O)C2Cc3ccccc3O2)C1. The van der Waals surface area contributed by atoms with Crippen molar-refractivity contribution in [1.82, 2.24) is 4.90 Å². The third kappa shape index (κ3) is 2.45. The summed E-state index contributed by atoms with van der Waals surface area (Å²) in [6, 6.07) is 7.90. The predicted octanol–water partition coefficient (Wildman–Crippen LogP) is 1.19. The predicted molar refractivity (Wildman–Crippen MR) is 72.9 cm³/mol. The molecule has 1 fully saturated rings. The van der Waals surface area contributed by atoms with Crippen LogP contribution in [0.4, 0.5) is 0 Å². The fourth-order valence-corrected chi connectivity index (χ4v) is 3.03. The number of amides is 1. The number of carbonyl (C=O) groups is 1. The minimum absolute atomic E-state index is 0.135. The van der Waals surface area contributed by atoms with Crippen molar-refractivity contribution in [2.75, 3.05) is 19.6 Å². The van der Waals surface area contributed by atoms with Gasteiger partial charge in [0.05, 0.1) is 0 Å². The summed E-state index contributed by atoms with van der Waals surface area (Å²) in [4.78, 5) is 14.4. The molecule has 0 aliphatic carbocycles. The first-order valence-corrected chi connectivity index (χ1v) is 7.01. The molecule has 2 heterocycles. The van der Waals surface area contributed by atoms with Gasteiger partial charge < -0.3 is 15.4 Å². The van der Waals surface area contributed by atoms with E-state index < -0.39 is 0 Å². The molecule has 0 bridgehead atoms. The van der Waals surface area contributed by atoms with Crippen LogP contribution in [0.25, 0.3) is 0 Å². The van der Waals surface area contributed by atoms with Crippen LogP contribution in [0.3, 0.4) is 0 Å². The molecule has 4 heteroatoms. The molecule has 1 aromatic rings. The Morgan fingerprint density at radius 3 is 3.05 bits per heavy atom. The van der Waals surface area contributed by atoms with Gasteiger partial charge in [-0.1, -0.05) is 18.2 Å². The lowest BCUT2D eigenvalue weighted by Crippen LogP contribution is -2.40. The van der Waals surface area contributed by atoms with Gasteiger partial charge in [-0.3, -0.25) is 4.79 Å². The van der Waals surface area contributed by atoms with E-state index >= 15 is 0 Å². The molecule has 19 heavy (non-hydrogen) atoms. The molecule has 4 nitrogen and oxygen atoms in total. The standard InChI is InChI=1S/C15H20N2O2/c16-7-5-11-6-8-17(10-11)15(18)14-9-12-3-1-2-4-13(12)19-14/h1-4,11,14H,5-10,16H2. The van der Waals surface area contributed by atoms with Crippen molar-refractivity contribution in [3.63, 3.8) is 0 Å². The summed E-state index contributed by atoms with van der Waals surface area (Å²) in [5.41, 5.74) is 6.72. The molecule has 2 aliphatic heterocycles. The van der Waals surface area contributed by atoms with Crippen molar-refractivity contribution >= 4 is 5.91 Å². The van der Waals surface area contributed by atoms with Crippen LogP contribution < -0.4 is 10.5 Å². The summed E-state index contributed by atoms with van der Waals surface area (Å²) in [6.07, 6.45) is 2.46. The zero-order valence-corrected chi connectivity index (χ0v) is 11.0. The average Bonchev–Trinajstić information content (AvgIpc) is 3.04. The third-order valence-corrected chi connectivity index (χ3v) is 4.10. The molecule has 2 N–H and O–H groups in total. The van der Waals surface area contributed by atoms with E-state index in [4.69, 9.17) is 10.5 Å². The highest BCUT2D eigenvalue weighted by molar-refractivity contribution is 5.82. The highest BCUT2D eigenvalue weighted by atomic mass is 16.5. The zero-order chi connectivity index (χ0) is 13.2. The molecule has 2 atom stereocenters. The molecule has 0 spiro atoms. The van der Waals surface area contributed by atoms with Crippen LogP contribution in [0.2, 0.25) is 0 Å². The van der Waals surface area contributed by atoms with E-state index in [9.17, 15) is 4.79 Å². The van der Waals surface area contributed by atoms with Crippen LogP contribution in [0.5, 0.6) is 5.75 Å². The van der Waals surface area contributed by atoms with Crippen LogP contribution in [-0.4, -0.2) is 36.5 Å². The number of ether oxygens (including phenoxy) is 1. The van der Waals surface area contributed by atoms with E-state index in [0.29, 0.717) is 18.9 Å². The number of rotatable bonds is 3. The van der Waals surface area contributed by atoms with Gasteiger partial charge in [0.25, 0.3) is 5.91 Å². The Morgan fingerprint density at radius 1 is 1.42 bits per heavy atom. The Balaban J connectivity index is 1.61. The quantitative estimate of drug-likeness (QED) is 0.888. The smallest absolute Gasteiger partial charge is 0.264 e. The van der Waals surface area contributed by atoms with Gasteiger partial charge in [-0.2, -0.15) is 0 Å². The number of para-hydroxylation sites is 1. The molecule has 2 unspecified atom stereocenters. The normalized spacial score (nSPS) is 25.2. The number of nitrogens with zero attached hydrogens (tertiary/aromatic N) is 1. The lowest BCUT2D eigenvalue weighted by Gasteiger charge is -2.20. The zero-order valence-electron chi connectivity index (χ0n) is 11.0. The van der Waals surface area contributed by atoms with Crippen molar-refractivity contribution in [3.8, 4) is 5.75 Å². The van der Waals surface area contributed by atoms with Crippen LogP contribution in [0, 0.1) is 5.92 Å². The lowest BCUT2D eigenvalue weighted by atomic mass is 10.1. The first-order valence-electron chi connectivity index (χ1n) is 7.01. The summed E-state index contributed by atoms with van der Waals surface area (Å²) in [5, 5.41) is 0. The summed E-state index contributed by atoms with van der Waals surface area (Å²) in [6.45, 7) is 2.39. The van der Waals surface area contributed by atoms with Gasteiger partial charge in [0.1, 0.15) is 5.75 Å². The largest absolute Gasteiger partial charge is 0.480 e. The molecule has 0 saturated carbocycles. The van der Waals surface area contributed by atoms with E-state index in [1.54, 1.807) is 0 Å². The molecular formula is C15H20N2O2. The van der Waals surface area contributed by atoms with Gasteiger partial charge in [0, 0.05) is 19.5 Å². The second-order valence-corrected chi connectivity index (χ2v) is 5.43. The van der Waals surface area contributed by atoms with Crippen LogP contribution >= 0.6 is 0 Å². The van der Waals surface area contributed by atoms with Crippen molar-refractivity contribution < 1.29 is 9.53 Å². The first kappa shape index (κ1) is 12.5. The van der Waals surface area contributed by atoms with E-state index in [-0.39, 0.29) is 12.0 Å². The van der Waals surface area contributed by atoms with E-state index in [2.05, 4.69) is 0 Å². The molecule has 2 aliphatic rings. The summed E-state index contributed by atoms with van der Waals surface area (Å²) < 4.78 is 5.76. The Kier molecular flexibility index (Phi) is 3.42. The van der Waals surface area contributed by atoms with Gasteiger partial charge in [-0.05, 0) is 36.9 Å². The van der Waals surface area contributed by atoms with Gasteiger partial charge in [-0.25, -0.2) is 0 Å². The maximum atomic E-state index is 12.4. The van der Waals surface area contributed by atoms with Gasteiger partial charge in [0.15, 0.2) is 6.10 Å². The summed E-state index contributed by atoms with van der Waals surface area (Å²) in [7, 11) is 0. The van der Waals surface area contributed by atoms with Crippen LogP contribution in [0.1, 0.15) is 18.4 Å². The minimum Gasteiger partial charge on any atom is -0.480 e. The molecule has 3 rings (SSSR count). The topological polar surface area (TPSA) is 55.6 Å². The van der Waals surface area contributed by atoms with Gasteiger partial charge in [-0.15, -0.1) is 0 Å². The fraction of sp³-hybridized carbons (Fsp3) is 0.533. The van der Waals surface area contributed by atoms with Gasteiger partial charge in [0.2, 0.25) is 0 Å². The van der Waals surface area contributed by atoms with E-state index in [1.165, 1.54) is 0 Å². The van der Waals surface area contributed by atoms with Crippen molar-refractivity contribution in [2.24, 2.45) is 11.7 Å². The Morgan fingerprint density at radius 2 is 2.26 bits per heavy atom. The van der Waals surface area contributed by atoms with Crippen molar-refractivity contribution in [2.45, 2.75) is 25.4 Å². The highest BCUT2D eigenvalue weighted by Crippen LogP contribution is 2.30. The van der Waals surface area contributed by atoms with E-state index in [0.717, 1.165) is 37.2 Å². The Labute approximate surface area is 113 Å². The van der Waals surface area contributed by atoms with Crippen molar-refractivity contribution in [3.05, 3.63) is 29.8 Å². The molecular weight excluding hydrogens is 240 g/mol. The first-order chi connectivity index (χ1) is 9.28. The summed E-state index contributed by atoms with van der Waals surface area (Å²) in [5.74, 6) is 1.56. The Bertz CT molecular complexity index is 450. The monoisotopic (exact) mass is 260 g/mol. The number of benzene rings is 1. The van der Waals surface area contributed by atoms with Crippen molar-refractivity contribution in [1.29, 1.82) is 0 Å². The molecule has 0 aromatic heterocycles. The molecule has 1 saturated heterocycles. The molecule has 1 amide bonds. The number of fused-ring (bicyclic) bond motifs is 1. The number of carbonyl (C=O) groups excluding carboxylic acids is 1. The highest BCUT2D eigenvalue weighted by Gasteiger charge is 2.35. The summed E-state index contributed by atoms with van der Waals surface area (Å²) >= 11 is 0. The molecule has 1 aromatic carbocycles. The third-order valence-electron chi connectivity index (χ3n) is 4.10. The maximum absolute atomic E-state index is 12.4. The van der Waals surface area contributed by atoms with Gasteiger partial charge >= 0.3 is 0 Å². The minimum atomic E-state index is -0.325. The Hall–Kier alpha value is -1.55. The number of likely N-dealkylation sites (tertiary alicyclic amines) is 1. The second kappa shape index (κ2) is 5.21. The molecule has 0 radical (unpaired) electrons. The number of hydrogen-bond acceptors (Lipinski definition) is 3. The molecule has 102 valence electrons. The lowest BCUT2D eigenvalue weighted by molar-refractivity contribution is -0.136. The average molecular weight is 260 g/mol. The second-order valence-electron chi connectivity index (χ2n) is 5.43. The van der Waals surface area contributed by atoms with E-state index in [1.807, 2.05) is 29.2 Å². The number of hydrogen-bond donors (Lipinski definition) is 1. The van der Waals surface area contributed by atoms with Crippen LogP contribution in [-0.2, 0) is 11.2 Å². The van der Waals surface area contributed by atoms with Crippen LogP contribution in [0.15, 0.2) is 24.3 Å². The maximum Gasteiger partial charge on any atom is 0.264 e. The number of nitrogens with two attached hydrogens (primary N) is 1.